The third-order valence-corrected chi connectivity index (χ3v) is 1.22. The minimum absolute atomic E-state index is 0.226. The first-order valence-corrected chi connectivity index (χ1v) is 4.01. The molecule has 0 saturated carbocycles. The van der Waals surface area contributed by atoms with Gasteiger partial charge < -0.3 is 10.1 Å². The van der Waals surface area contributed by atoms with E-state index in [1.54, 1.807) is 6.92 Å². The van der Waals surface area contributed by atoms with Gasteiger partial charge in [-0.2, -0.15) is 0 Å². The summed E-state index contributed by atoms with van der Waals surface area (Å²) < 4.78 is 4.80. The first kappa shape index (κ1) is 10.9. The van der Waals surface area contributed by atoms with Crippen molar-refractivity contribution in [3.05, 3.63) is 0 Å². The number of rotatable bonds is 4. The third-order valence-electron chi connectivity index (χ3n) is 1.22. The first-order valence-electron chi connectivity index (χ1n) is 4.01. The predicted molar refractivity (Wildman–Crippen MR) is 44.5 cm³/mol. The molecule has 12 heavy (non-hydrogen) atoms. The summed E-state index contributed by atoms with van der Waals surface area (Å²) in [6.07, 6.45) is 0.790. The van der Waals surface area contributed by atoms with E-state index >= 15 is 0 Å². The Bertz CT molecular complexity index is 168. The molecule has 0 aromatic rings. The number of esters is 1. The Balaban J connectivity index is 3.69. The maximum absolute atomic E-state index is 11.0. The lowest BCUT2D eigenvalue weighted by Gasteiger charge is -2.10. The molecule has 0 aliphatic rings. The number of amides is 1. The second-order valence-electron chi connectivity index (χ2n) is 2.59. The van der Waals surface area contributed by atoms with Crippen LogP contribution in [0, 0.1) is 0 Å². The van der Waals surface area contributed by atoms with E-state index in [0.717, 1.165) is 6.42 Å². The van der Waals surface area contributed by atoms with Crippen LogP contribution in [0.5, 0.6) is 0 Å². The van der Waals surface area contributed by atoms with Crippen molar-refractivity contribution in [2.45, 2.75) is 33.2 Å². The molecule has 0 aliphatic heterocycles. The molecule has 0 radical (unpaired) electrons. The molecule has 1 atom stereocenters. The van der Waals surface area contributed by atoms with Gasteiger partial charge in [-0.1, -0.05) is 6.92 Å². The monoisotopic (exact) mass is 173 g/mol. The Morgan fingerprint density at radius 2 is 2.08 bits per heavy atom. The van der Waals surface area contributed by atoms with Crippen LogP contribution in [0.3, 0.4) is 0 Å². The fourth-order valence-electron chi connectivity index (χ4n) is 0.691. The lowest BCUT2D eigenvalue weighted by Crippen LogP contribution is -2.38. The fraction of sp³-hybridized carbons (Fsp3) is 0.750. The van der Waals surface area contributed by atoms with E-state index in [9.17, 15) is 9.59 Å². The predicted octanol–water partition coefficient (Wildman–Crippen LogP) is 0.464. The van der Waals surface area contributed by atoms with Crippen LogP contribution in [0.15, 0.2) is 0 Å². The third kappa shape index (κ3) is 4.71. The molecule has 1 N–H and O–H groups in total. The lowest BCUT2D eigenvalue weighted by atomic mass is 10.3. The molecule has 0 saturated heterocycles. The van der Waals surface area contributed by atoms with Gasteiger partial charge in [0.05, 0.1) is 6.61 Å². The normalized spacial score (nSPS) is 11.9. The minimum atomic E-state index is -0.547. The van der Waals surface area contributed by atoms with Gasteiger partial charge in [-0.25, -0.2) is 4.79 Å². The quantitative estimate of drug-likeness (QED) is 0.628. The van der Waals surface area contributed by atoms with E-state index in [1.807, 2.05) is 6.92 Å². The van der Waals surface area contributed by atoms with Crippen molar-refractivity contribution in [2.75, 3.05) is 6.61 Å². The summed E-state index contributed by atoms with van der Waals surface area (Å²) >= 11 is 0. The molecule has 1 amide bonds. The molecule has 0 aliphatic carbocycles. The summed E-state index contributed by atoms with van der Waals surface area (Å²) in [5, 5.41) is 2.44. The van der Waals surface area contributed by atoms with Crippen molar-refractivity contribution >= 4 is 11.9 Å². The van der Waals surface area contributed by atoms with E-state index in [2.05, 4.69) is 5.32 Å². The van der Waals surface area contributed by atoms with Gasteiger partial charge in [-0.05, 0) is 13.3 Å². The molecule has 0 spiro atoms. The van der Waals surface area contributed by atoms with Gasteiger partial charge in [0, 0.05) is 6.92 Å². The van der Waals surface area contributed by atoms with Crippen molar-refractivity contribution in [3.63, 3.8) is 0 Å². The van der Waals surface area contributed by atoms with E-state index in [4.69, 9.17) is 4.74 Å². The molecule has 0 aromatic heterocycles. The number of hydrogen-bond acceptors (Lipinski definition) is 3. The summed E-state index contributed by atoms with van der Waals surface area (Å²) in [7, 11) is 0. The van der Waals surface area contributed by atoms with Crippen molar-refractivity contribution in [2.24, 2.45) is 0 Å². The molecule has 70 valence electrons. The maximum atomic E-state index is 11.0. The van der Waals surface area contributed by atoms with Crippen molar-refractivity contribution in [1.29, 1.82) is 0 Å². The molecule has 0 bridgehead atoms. The summed E-state index contributed by atoms with van der Waals surface area (Å²) in [5.41, 5.74) is 0. The van der Waals surface area contributed by atoms with Crippen molar-refractivity contribution < 1.29 is 14.3 Å². The van der Waals surface area contributed by atoms with E-state index in [-0.39, 0.29) is 11.9 Å². The average molecular weight is 173 g/mol. The highest BCUT2D eigenvalue weighted by Gasteiger charge is 2.13. The molecule has 0 fully saturated rings. The zero-order chi connectivity index (χ0) is 9.56. The first-order chi connectivity index (χ1) is 5.57. The number of carbonyl (C=O) groups excluding carboxylic acids is 2. The van der Waals surface area contributed by atoms with Gasteiger partial charge in [0.2, 0.25) is 5.91 Å². The van der Waals surface area contributed by atoms with Gasteiger partial charge >= 0.3 is 5.97 Å². The average Bonchev–Trinajstić information content (AvgIpc) is 1.98. The molecule has 0 aromatic carbocycles. The second kappa shape index (κ2) is 5.57. The molecule has 0 rings (SSSR count). The van der Waals surface area contributed by atoms with Crippen LogP contribution in [0.2, 0.25) is 0 Å². The van der Waals surface area contributed by atoms with Crippen molar-refractivity contribution in [1.82, 2.24) is 5.32 Å². The Morgan fingerprint density at radius 3 is 2.50 bits per heavy atom. The summed E-state index contributed by atoms with van der Waals surface area (Å²) in [6.45, 7) is 5.28. The maximum Gasteiger partial charge on any atom is 0.328 e. The fourth-order valence-corrected chi connectivity index (χ4v) is 0.691. The second-order valence-corrected chi connectivity index (χ2v) is 2.59. The van der Waals surface area contributed by atoms with Gasteiger partial charge in [0.15, 0.2) is 0 Å². The number of ether oxygens (including phenoxy) is 1. The lowest BCUT2D eigenvalue weighted by molar-refractivity contribution is -0.147. The molecular formula is C8H15NO3. The molecule has 1 unspecified atom stereocenters. The highest BCUT2D eigenvalue weighted by Crippen LogP contribution is 1.89. The van der Waals surface area contributed by atoms with Crippen LogP contribution in [0.1, 0.15) is 27.2 Å². The Hall–Kier alpha value is -1.06. The smallest absolute Gasteiger partial charge is 0.328 e. The largest absolute Gasteiger partial charge is 0.464 e. The topological polar surface area (TPSA) is 55.4 Å². The summed E-state index contributed by atoms with van der Waals surface area (Å²) in [5.74, 6) is -0.608. The zero-order valence-electron chi connectivity index (χ0n) is 7.72. The van der Waals surface area contributed by atoms with Gasteiger partial charge in [0.25, 0.3) is 0 Å². The van der Waals surface area contributed by atoms with E-state index < -0.39 is 6.04 Å². The van der Waals surface area contributed by atoms with Gasteiger partial charge in [-0.3, -0.25) is 4.79 Å². The molecule has 4 nitrogen and oxygen atoms in total. The molecular weight excluding hydrogens is 158 g/mol. The minimum Gasteiger partial charge on any atom is -0.464 e. The van der Waals surface area contributed by atoms with Crippen LogP contribution < -0.4 is 5.32 Å². The Morgan fingerprint density at radius 1 is 1.50 bits per heavy atom. The highest BCUT2D eigenvalue weighted by molar-refractivity contribution is 5.82. The Labute approximate surface area is 72.3 Å². The number of carbonyl (C=O) groups is 2. The van der Waals surface area contributed by atoms with Gasteiger partial charge in [0.1, 0.15) is 6.04 Å². The molecule has 4 heteroatoms. The zero-order valence-corrected chi connectivity index (χ0v) is 7.72. The van der Waals surface area contributed by atoms with Gasteiger partial charge in [-0.15, -0.1) is 0 Å². The van der Waals surface area contributed by atoms with Crippen LogP contribution in [0.4, 0.5) is 0 Å². The number of nitrogens with one attached hydrogen (secondary N) is 1. The summed E-state index contributed by atoms with van der Waals surface area (Å²) in [6, 6.07) is -0.547. The Kier molecular flexibility index (Phi) is 5.08. The summed E-state index contributed by atoms with van der Waals surface area (Å²) in [4.78, 5) is 21.5. The van der Waals surface area contributed by atoms with Crippen LogP contribution in [-0.4, -0.2) is 24.5 Å². The van der Waals surface area contributed by atoms with Crippen LogP contribution in [-0.2, 0) is 14.3 Å². The standard InChI is InChI=1S/C8H15NO3/c1-4-5-12-8(11)6(2)9-7(3)10/h6H,4-5H2,1-3H3,(H,9,10). The van der Waals surface area contributed by atoms with Crippen molar-refractivity contribution in [3.8, 4) is 0 Å². The number of hydrogen-bond donors (Lipinski definition) is 1. The van der Waals surface area contributed by atoms with E-state index in [0.29, 0.717) is 6.61 Å². The van der Waals surface area contributed by atoms with E-state index in [1.165, 1.54) is 6.92 Å². The van der Waals surface area contributed by atoms with Crippen LogP contribution >= 0.6 is 0 Å². The van der Waals surface area contributed by atoms with Crippen LogP contribution in [0.25, 0.3) is 0 Å². The SMILES string of the molecule is CCCOC(=O)C(C)NC(C)=O. The molecule has 0 heterocycles. The highest BCUT2D eigenvalue weighted by atomic mass is 16.5.